The van der Waals surface area contributed by atoms with Crippen molar-refractivity contribution in [1.29, 1.82) is 0 Å². The molecule has 1 fully saturated rings. The maximum atomic E-state index is 5.32. The molecule has 0 amide bonds. The second-order valence-corrected chi connectivity index (χ2v) is 4.38. The van der Waals surface area contributed by atoms with Gasteiger partial charge >= 0.3 is 0 Å². The van der Waals surface area contributed by atoms with E-state index >= 15 is 0 Å². The van der Waals surface area contributed by atoms with E-state index in [0.717, 1.165) is 19.4 Å². The summed E-state index contributed by atoms with van der Waals surface area (Å²) in [7, 11) is 0. The number of hydrogen-bond donors (Lipinski definition) is 1. The lowest BCUT2D eigenvalue weighted by molar-refractivity contribution is 0.275. The SMILES string of the molecule is CC1(c2nc(-c3ccncn3)no2)CCCN1. The van der Waals surface area contributed by atoms with E-state index in [-0.39, 0.29) is 5.54 Å². The van der Waals surface area contributed by atoms with E-state index in [2.05, 4.69) is 32.3 Å². The average Bonchev–Trinajstić information content (AvgIpc) is 2.99. The molecule has 6 heteroatoms. The highest BCUT2D eigenvalue weighted by atomic mass is 16.5. The van der Waals surface area contributed by atoms with Crippen LogP contribution in [0.1, 0.15) is 25.7 Å². The molecule has 6 nitrogen and oxygen atoms in total. The molecule has 0 aliphatic carbocycles. The first-order chi connectivity index (χ1) is 8.28. The minimum Gasteiger partial charge on any atom is -0.337 e. The predicted octanol–water partition coefficient (Wildman–Crippen LogP) is 1.13. The summed E-state index contributed by atoms with van der Waals surface area (Å²) in [5.74, 6) is 1.14. The van der Waals surface area contributed by atoms with Crippen molar-refractivity contribution in [3.8, 4) is 11.5 Å². The zero-order valence-electron chi connectivity index (χ0n) is 9.55. The van der Waals surface area contributed by atoms with Gasteiger partial charge in [-0.2, -0.15) is 4.98 Å². The highest BCUT2D eigenvalue weighted by Gasteiger charge is 2.35. The van der Waals surface area contributed by atoms with Gasteiger partial charge in [0.25, 0.3) is 0 Å². The monoisotopic (exact) mass is 231 g/mol. The van der Waals surface area contributed by atoms with Gasteiger partial charge in [-0.05, 0) is 32.4 Å². The third-order valence-corrected chi connectivity index (χ3v) is 3.08. The fourth-order valence-corrected chi connectivity index (χ4v) is 2.05. The van der Waals surface area contributed by atoms with Crippen molar-refractivity contribution in [1.82, 2.24) is 25.4 Å². The van der Waals surface area contributed by atoms with Crippen LogP contribution in [-0.2, 0) is 5.54 Å². The molecular weight excluding hydrogens is 218 g/mol. The number of nitrogens with one attached hydrogen (secondary N) is 1. The van der Waals surface area contributed by atoms with E-state index in [1.165, 1.54) is 6.33 Å². The van der Waals surface area contributed by atoms with Gasteiger partial charge in [-0.25, -0.2) is 9.97 Å². The molecule has 0 radical (unpaired) electrons. The van der Waals surface area contributed by atoms with Crippen LogP contribution < -0.4 is 5.32 Å². The summed E-state index contributed by atoms with van der Waals surface area (Å²) in [5, 5.41) is 7.34. The summed E-state index contributed by atoms with van der Waals surface area (Å²) in [6, 6.07) is 1.76. The number of aromatic nitrogens is 4. The average molecular weight is 231 g/mol. The van der Waals surface area contributed by atoms with Gasteiger partial charge in [0.05, 0.1) is 5.54 Å². The number of rotatable bonds is 2. The van der Waals surface area contributed by atoms with Crippen LogP contribution in [0.15, 0.2) is 23.1 Å². The smallest absolute Gasteiger partial charge is 0.247 e. The molecule has 17 heavy (non-hydrogen) atoms. The standard InChI is InChI=1S/C11H13N5O/c1-11(4-2-5-14-11)10-15-9(16-17-10)8-3-6-12-7-13-8/h3,6-7,14H,2,4-5H2,1H3. The molecule has 1 N–H and O–H groups in total. The lowest BCUT2D eigenvalue weighted by atomic mass is 10.0. The van der Waals surface area contributed by atoms with Crippen LogP contribution >= 0.6 is 0 Å². The van der Waals surface area contributed by atoms with Crippen molar-refractivity contribution in [3.63, 3.8) is 0 Å². The summed E-state index contributed by atoms with van der Waals surface area (Å²) in [6.45, 7) is 3.07. The van der Waals surface area contributed by atoms with E-state index in [0.29, 0.717) is 17.4 Å². The summed E-state index contributed by atoms with van der Waals surface area (Å²) < 4.78 is 5.32. The van der Waals surface area contributed by atoms with E-state index in [4.69, 9.17) is 4.52 Å². The Morgan fingerprint density at radius 1 is 1.47 bits per heavy atom. The number of hydrogen-bond acceptors (Lipinski definition) is 6. The zero-order valence-corrected chi connectivity index (χ0v) is 9.55. The van der Waals surface area contributed by atoms with Gasteiger partial charge in [0.1, 0.15) is 12.0 Å². The molecule has 1 aliphatic heterocycles. The van der Waals surface area contributed by atoms with Crippen LogP contribution in [0.2, 0.25) is 0 Å². The molecule has 3 heterocycles. The molecule has 2 aromatic rings. The maximum Gasteiger partial charge on any atom is 0.247 e. The Hall–Kier alpha value is -1.82. The molecule has 0 bridgehead atoms. The summed E-state index contributed by atoms with van der Waals surface area (Å²) >= 11 is 0. The zero-order chi connectivity index (χ0) is 11.7. The van der Waals surface area contributed by atoms with Gasteiger partial charge in [0, 0.05) is 6.20 Å². The molecule has 1 aliphatic rings. The Labute approximate surface area is 98.5 Å². The summed E-state index contributed by atoms with van der Waals surface area (Å²) in [4.78, 5) is 12.4. The fourth-order valence-electron chi connectivity index (χ4n) is 2.05. The van der Waals surface area contributed by atoms with Gasteiger partial charge in [-0.3, -0.25) is 0 Å². The van der Waals surface area contributed by atoms with Gasteiger partial charge < -0.3 is 9.84 Å². The van der Waals surface area contributed by atoms with Crippen LogP contribution in [-0.4, -0.2) is 26.7 Å². The highest BCUT2D eigenvalue weighted by Crippen LogP contribution is 2.29. The molecule has 1 saturated heterocycles. The Bertz CT molecular complexity index is 504. The largest absolute Gasteiger partial charge is 0.337 e. The van der Waals surface area contributed by atoms with Crippen molar-refractivity contribution in [3.05, 3.63) is 24.5 Å². The van der Waals surface area contributed by atoms with E-state index in [1.807, 2.05) is 0 Å². The molecule has 2 aromatic heterocycles. The lowest BCUT2D eigenvalue weighted by Crippen LogP contribution is -2.33. The van der Waals surface area contributed by atoms with Crippen LogP contribution in [0, 0.1) is 0 Å². The lowest BCUT2D eigenvalue weighted by Gasteiger charge is -2.18. The van der Waals surface area contributed by atoms with Crippen LogP contribution in [0.5, 0.6) is 0 Å². The first kappa shape index (κ1) is 10.3. The van der Waals surface area contributed by atoms with Crippen molar-refractivity contribution in [2.45, 2.75) is 25.3 Å². The molecule has 0 aromatic carbocycles. The van der Waals surface area contributed by atoms with Crippen molar-refractivity contribution >= 4 is 0 Å². The van der Waals surface area contributed by atoms with Crippen LogP contribution in [0.4, 0.5) is 0 Å². The topological polar surface area (TPSA) is 76.7 Å². The molecule has 3 rings (SSSR count). The molecule has 88 valence electrons. The van der Waals surface area contributed by atoms with Gasteiger partial charge in [0.2, 0.25) is 11.7 Å². The Balaban J connectivity index is 1.93. The van der Waals surface area contributed by atoms with Crippen molar-refractivity contribution in [2.24, 2.45) is 0 Å². The van der Waals surface area contributed by atoms with Gasteiger partial charge in [-0.1, -0.05) is 5.16 Å². The molecule has 1 unspecified atom stereocenters. The third-order valence-electron chi connectivity index (χ3n) is 3.08. The fraction of sp³-hybridized carbons (Fsp3) is 0.455. The van der Waals surface area contributed by atoms with Gasteiger partial charge in [0.15, 0.2) is 0 Å². The Kier molecular flexibility index (Phi) is 2.36. The quantitative estimate of drug-likeness (QED) is 0.834. The minimum absolute atomic E-state index is 0.196. The van der Waals surface area contributed by atoms with Crippen molar-refractivity contribution < 1.29 is 4.52 Å². The summed E-state index contributed by atoms with van der Waals surface area (Å²) in [5.41, 5.74) is 0.481. The molecule has 1 atom stereocenters. The number of nitrogens with zero attached hydrogens (tertiary/aromatic N) is 4. The predicted molar refractivity (Wildman–Crippen MR) is 59.9 cm³/mol. The van der Waals surface area contributed by atoms with Crippen LogP contribution in [0.3, 0.4) is 0 Å². The first-order valence-corrected chi connectivity index (χ1v) is 5.63. The normalized spacial score (nSPS) is 24.1. The Morgan fingerprint density at radius 3 is 3.12 bits per heavy atom. The second-order valence-electron chi connectivity index (χ2n) is 4.38. The van der Waals surface area contributed by atoms with E-state index in [9.17, 15) is 0 Å². The van der Waals surface area contributed by atoms with E-state index < -0.39 is 0 Å². The molecular formula is C11H13N5O. The Morgan fingerprint density at radius 2 is 2.41 bits per heavy atom. The second kappa shape index (κ2) is 3.89. The summed E-state index contributed by atoms with van der Waals surface area (Å²) in [6.07, 6.45) is 5.27. The van der Waals surface area contributed by atoms with Crippen molar-refractivity contribution in [2.75, 3.05) is 6.54 Å². The maximum absolute atomic E-state index is 5.32. The highest BCUT2D eigenvalue weighted by molar-refractivity contribution is 5.46. The molecule has 0 saturated carbocycles. The molecule has 0 spiro atoms. The van der Waals surface area contributed by atoms with Crippen LogP contribution in [0.25, 0.3) is 11.5 Å². The van der Waals surface area contributed by atoms with Gasteiger partial charge in [-0.15, -0.1) is 0 Å². The third kappa shape index (κ3) is 1.80. The minimum atomic E-state index is -0.196. The van der Waals surface area contributed by atoms with E-state index in [1.54, 1.807) is 12.3 Å². The first-order valence-electron chi connectivity index (χ1n) is 5.63.